The van der Waals surface area contributed by atoms with Gasteiger partial charge in [0.25, 0.3) is 6.43 Å². The van der Waals surface area contributed by atoms with Crippen LogP contribution in [0, 0.1) is 18.8 Å². The van der Waals surface area contributed by atoms with Gasteiger partial charge >= 0.3 is 11.9 Å². The van der Waals surface area contributed by atoms with Gasteiger partial charge in [-0.3, -0.25) is 9.78 Å². The highest BCUT2D eigenvalue weighted by Crippen LogP contribution is 2.41. The molecule has 0 amide bonds. The number of aromatic nitrogens is 3. The fraction of sp³-hybridized carbons (Fsp3) is 0.324. The molecule has 1 aliphatic rings. The number of hydrogen-bond donors (Lipinski definition) is 3. The molecular weight excluding hydrogens is 598 g/mol. The minimum absolute atomic E-state index is 0.0203. The van der Waals surface area contributed by atoms with Gasteiger partial charge in [-0.05, 0) is 99.5 Å². The molecule has 1 aliphatic carbocycles. The number of ether oxygens (including phenoxy) is 2. The molecule has 46 heavy (non-hydrogen) atoms. The predicted octanol–water partition coefficient (Wildman–Crippen LogP) is 6.61. The normalized spacial score (nSPS) is 17.6. The van der Waals surface area contributed by atoms with E-state index in [0.717, 1.165) is 5.56 Å². The average Bonchev–Trinajstić information content (AvgIpc) is 3.05. The number of alkyl halides is 2. The van der Waals surface area contributed by atoms with Crippen LogP contribution in [-0.2, 0) is 19.9 Å². The summed E-state index contributed by atoms with van der Waals surface area (Å²) >= 11 is 0. The molecule has 3 N–H and O–H groups in total. The third-order valence-corrected chi connectivity index (χ3v) is 8.21. The fourth-order valence-corrected chi connectivity index (χ4v) is 5.59. The minimum atomic E-state index is -2.61. The number of rotatable bonds is 10. The summed E-state index contributed by atoms with van der Waals surface area (Å²) in [6.07, 6.45) is 2.43. The van der Waals surface area contributed by atoms with E-state index in [1.807, 2.05) is 19.1 Å². The number of esters is 2. The number of aromatic hydroxyl groups is 1. The summed E-state index contributed by atoms with van der Waals surface area (Å²) in [7, 11) is 0. The van der Waals surface area contributed by atoms with Crippen LogP contribution in [0.4, 0.5) is 20.4 Å². The number of aryl methyl sites for hydroxylation is 1. The van der Waals surface area contributed by atoms with Crippen molar-refractivity contribution in [3.8, 4) is 17.0 Å². The summed E-state index contributed by atoms with van der Waals surface area (Å²) in [5, 5.41) is 24.2. The van der Waals surface area contributed by atoms with E-state index in [-0.39, 0.29) is 28.6 Å². The molecule has 1 saturated carbocycles. The molecule has 5 rings (SSSR count). The molecule has 0 unspecified atom stereocenters. The molecule has 0 saturated heterocycles. The third-order valence-electron chi connectivity index (χ3n) is 8.21. The number of hydrogen-bond acceptors (Lipinski definition) is 10. The van der Waals surface area contributed by atoms with Crippen molar-refractivity contribution in [1.82, 2.24) is 15.0 Å². The number of pyridine rings is 3. The van der Waals surface area contributed by atoms with Crippen LogP contribution in [0.5, 0.6) is 5.75 Å². The lowest BCUT2D eigenvalue weighted by Crippen LogP contribution is -2.37. The molecule has 12 heteroatoms. The average molecular weight is 633 g/mol. The van der Waals surface area contributed by atoms with Crippen molar-refractivity contribution in [3.05, 3.63) is 95.4 Å². The van der Waals surface area contributed by atoms with Crippen molar-refractivity contribution in [2.24, 2.45) is 11.8 Å². The van der Waals surface area contributed by atoms with E-state index in [9.17, 15) is 28.6 Å². The maximum atomic E-state index is 13.1. The molecule has 1 atom stereocenters. The summed E-state index contributed by atoms with van der Waals surface area (Å²) in [4.78, 5) is 38.0. The Labute approximate surface area is 264 Å². The molecule has 3 aromatic heterocycles. The standard InChI is InChI=1S/C34H34F2N4O6/c1-20-15-26(39-30(16-20)40-29-17-22(31(35)36)13-14-37-29)23-9-12-28(38-18-23)34(2,44)24-10-7-21(8-11-24)32(42)45-19-46-33(43)25-5-3-4-6-27(25)41/h3-6,9,12-18,21,24,31,41,44H,7-8,10-11,19H2,1-2H3,(H,37,39,40)/t21?,24?,34-/m1/s1. The zero-order valence-electron chi connectivity index (χ0n) is 25.3. The highest BCUT2D eigenvalue weighted by atomic mass is 19.3. The van der Waals surface area contributed by atoms with Crippen LogP contribution in [0.15, 0.2) is 73.1 Å². The Morgan fingerprint density at radius 1 is 1.00 bits per heavy atom. The summed E-state index contributed by atoms with van der Waals surface area (Å²) in [6.45, 7) is 3.04. The van der Waals surface area contributed by atoms with Gasteiger partial charge in [-0.15, -0.1) is 0 Å². The highest BCUT2D eigenvalue weighted by molar-refractivity contribution is 5.92. The van der Waals surface area contributed by atoms with Gasteiger partial charge in [0.05, 0.1) is 17.3 Å². The maximum absolute atomic E-state index is 13.1. The molecule has 3 heterocycles. The molecule has 10 nitrogen and oxygen atoms in total. The number of carbonyl (C=O) groups is 2. The summed E-state index contributed by atoms with van der Waals surface area (Å²) in [5.74, 6) is -1.36. The fourth-order valence-electron chi connectivity index (χ4n) is 5.59. The second kappa shape index (κ2) is 14.0. The molecule has 1 aromatic carbocycles. The van der Waals surface area contributed by atoms with E-state index in [0.29, 0.717) is 48.5 Å². The Bertz CT molecular complexity index is 1690. The van der Waals surface area contributed by atoms with Crippen LogP contribution < -0.4 is 5.32 Å². The Balaban J connectivity index is 1.16. The number of phenols is 1. The van der Waals surface area contributed by atoms with E-state index in [4.69, 9.17) is 9.47 Å². The first-order valence-corrected chi connectivity index (χ1v) is 14.8. The molecular formula is C34H34F2N4O6. The number of phenolic OH excluding ortho intramolecular Hbond substituents is 1. The van der Waals surface area contributed by atoms with Crippen molar-refractivity contribution < 1.29 is 38.1 Å². The third kappa shape index (κ3) is 7.63. The van der Waals surface area contributed by atoms with Crippen LogP contribution in [0.25, 0.3) is 11.3 Å². The van der Waals surface area contributed by atoms with E-state index in [1.165, 1.54) is 30.5 Å². The smallest absolute Gasteiger partial charge is 0.344 e. The monoisotopic (exact) mass is 632 g/mol. The number of benzene rings is 1. The van der Waals surface area contributed by atoms with Gasteiger partial charge in [-0.25, -0.2) is 23.5 Å². The predicted molar refractivity (Wildman–Crippen MR) is 164 cm³/mol. The SMILES string of the molecule is Cc1cc(Nc2cc(C(F)F)ccn2)nc(-c2ccc([C@](C)(O)C3CCC(C(=O)OCOC(=O)c4ccccc4O)CC3)nc2)c1. The van der Waals surface area contributed by atoms with Gasteiger partial charge in [0.15, 0.2) is 0 Å². The van der Waals surface area contributed by atoms with E-state index in [2.05, 4.69) is 20.3 Å². The van der Waals surface area contributed by atoms with Crippen molar-refractivity contribution in [1.29, 1.82) is 0 Å². The number of halogens is 2. The van der Waals surface area contributed by atoms with Crippen LogP contribution in [-0.4, -0.2) is 43.9 Å². The topological polar surface area (TPSA) is 144 Å². The van der Waals surface area contributed by atoms with Crippen LogP contribution >= 0.6 is 0 Å². The Morgan fingerprint density at radius 3 is 2.46 bits per heavy atom. The molecule has 0 aliphatic heterocycles. The van der Waals surface area contributed by atoms with Crippen LogP contribution in [0.1, 0.15) is 66.2 Å². The maximum Gasteiger partial charge on any atom is 0.344 e. The van der Waals surface area contributed by atoms with E-state index >= 15 is 0 Å². The molecule has 1 fully saturated rings. The summed E-state index contributed by atoms with van der Waals surface area (Å²) in [5.41, 5.74) is 1.26. The number of carbonyl (C=O) groups excluding carboxylic acids is 2. The lowest BCUT2D eigenvalue weighted by Gasteiger charge is -2.37. The van der Waals surface area contributed by atoms with Crippen LogP contribution in [0.2, 0.25) is 0 Å². The lowest BCUT2D eigenvalue weighted by molar-refractivity contribution is -0.159. The minimum Gasteiger partial charge on any atom is -0.507 e. The van der Waals surface area contributed by atoms with Gasteiger partial charge in [0.1, 0.15) is 28.5 Å². The number of aliphatic hydroxyl groups is 1. The Morgan fingerprint density at radius 2 is 1.76 bits per heavy atom. The zero-order valence-corrected chi connectivity index (χ0v) is 25.3. The Hall–Kier alpha value is -4.97. The second-order valence-electron chi connectivity index (χ2n) is 11.5. The second-order valence-corrected chi connectivity index (χ2v) is 11.5. The van der Waals surface area contributed by atoms with Crippen molar-refractivity contribution in [2.75, 3.05) is 12.1 Å². The molecule has 0 bridgehead atoms. The van der Waals surface area contributed by atoms with Crippen molar-refractivity contribution >= 4 is 23.6 Å². The van der Waals surface area contributed by atoms with Crippen molar-refractivity contribution in [2.45, 2.75) is 51.6 Å². The summed E-state index contributed by atoms with van der Waals surface area (Å²) < 4.78 is 36.3. The van der Waals surface area contributed by atoms with Gasteiger partial charge in [-0.1, -0.05) is 12.1 Å². The van der Waals surface area contributed by atoms with Crippen molar-refractivity contribution in [3.63, 3.8) is 0 Å². The molecule has 4 aromatic rings. The first-order valence-electron chi connectivity index (χ1n) is 14.8. The Kier molecular flexibility index (Phi) is 9.86. The lowest BCUT2D eigenvalue weighted by atomic mass is 9.73. The molecule has 0 spiro atoms. The number of anilines is 2. The number of nitrogens with one attached hydrogen (secondary N) is 1. The number of nitrogens with zero attached hydrogens (tertiary/aromatic N) is 3. The van der Waals surface area contributed by atoms with Gasteiger partial charge in [0.2, 0.25) is 6.79 Å². The number of para-hydroxylation sites is 1. The van der Waals surface area contributed by atoms with E-state index < -0.39 is 36.7 Å². The van der Waals surface area contributed by atoms with Crippen LogP contribution in [0.3, 0.4) is 0 Å². The van der Waals surface area contributed by atoms with Gasteiger partial charge < -0.3 is 25.0 Å². The highest BCUT2D eigenvalue weighted by Gasteiger charge is 2.39. The largest absolute Gasteiger partial charge is 0.507 e. The van der Waals surface area contributed by atoms with Gasteiger partial charge in [0, 0.05) is 23.5 Å². The van der Waals surface area contributed by atoms with E-state index in [1.54, 1.807) is 37.4 Å². The summed E-state index contributed by atoms with van der Waals surface area (Å²) in [6, 6.07) is 15.7. The molecule has 240 valence electrons. The molecule has 0 radical (unpaired) electrons. The van der Waals surface area contributed by atoms with Gasteiger partial charge in [-0.2, -0.15) is 0 Å². The zero-order chi connectivity index (χ0) is 32.8. The quantitative estimate of drug-likeness (QED) is 0.129. The first kappa shape index (κ1) is 32.4. The first-order chi connectivity index (χ1) is 22.0.